The van der Waals surface area contributed by atoms with Crippen LogP contribution in [0.5, 0.6) is 5.75 Å². The zero-order chi connectivity index (χ0) is 38.7. The monoisotopic (exact) mass is 673 g/mol. The molecular weight excluding hydrogens is 600 g/mol. The fourth-order valence-electron chi connectivity index (χ4n) is 2.85. The number of hydrogen-bond donors (Lipinski definition) is 7. The highest BCUT2D eigenvalue weighted by Crippen LogP contribution is 2.19. The van der Waals surface area contributed by atoms with Crippen LogP contribution in [0.1, 0.15) is 130 Å². The lowest BCUT2D eigenvalue weighted by Gasteiger charge is -2.21. The Morgan fingerprint density at radius 1 is 0.833 bits per heavy atom. The summed E-state index contributed by atoms with van der Waals surface area (Å²) in [7, 11) is 0. The van der Waals surface area contributed by atoms with Crippen molar-refractivity contribution in [3.05, 3.63) is 29.8 Å². The smallest absolute Gasteiger partial charge is 0.206 e. The largest absolute Gasteiger partial charge is 0.488 e. The van der Waals surface area contributed by atoms with E-state index in [2.05, 4.69) is 46.6 Å². The lowest BCUT2D eigenvalue weighted by Crippen LogP contribution is -2.31. The molecule has 1 heterocycles. The third-order valence-corrected chi connectivity index (χ3v) is 5.37. The van der Waals surface area contributed by atoms with Crippen molar-refractivity contribution >= 4 is 35.3 Å². The van der Waals surface area contributed by atoms with Gasteiger partial charge in [-0.05, 0) is 103 Å². The molecule has 48 heavy (non-hydrogen) atoms. The van der Waals surface area contributed by atoms with Crippen molar-refractivity contribution in [2.24, 2.45) is 42.8 Å². The number of hydrogen-bond acceptors (Lipinski definition) is 8. The summed E-state index contributed by atoms with van der Waals surface area (Å²) in [5.74, 6) is 2.52. The molecule has 11 nitrogen and oxygen atoms in total. The zero-order valence-corrected chi connectivity index (χ0v) is 33.7. The Morgan fingerprint density at radius 3 is 1.50 bits per heavy atom. The topological polar surface area (TPSA) is 194 Å². The van der Waals surface area contributed by atoms with Crippen molar-refractivity contribution < 1.29 is 4.74 Å². The summed E-state index contributed by atoms with van der Waals surface area (Å²) in [5, 5.41) is 28.3. The van der Waals surface area contributed by atoms with Gasteiger partial charge in [-0.2, -0.15) is 5.10 Å². The Morgan fingerprint density at radius 2 is 1.29 bits per heavy atom. The van der Waals surface area contributed by atoms with Gasteiger partial charge in [0.15, 0.2) is 0 Å². The fourth-order valence-corrected chi connectivity index (χ4v) is 2.85. The maximum atomic E-state index is 7.44. The molecule has 0 spiro atoms. The van der Waals surface area contributed by atoms with E-state index < -0.39 is 0 Å². The molecule has 276 valence electrons. The zero-order valence-electron chi connectivity index (χ0n) is 33.7. The number of benzene rings is 1. The van der Waals surface area contributed by atoms with Crippen molar-refractivity contribution in [3.63, 3.8) is 0 Å². The highest BCUT2D eigenvalue weighted by atomic mass is 16.5. The maximum Gasteiger partial charge on any atom is 0.206 e. The molecule has 0 saturated heterocycles. The number of rotatable bonds is 3. The molecule has 0 unspecified atom stereocenters. The minimum absolute atomic E-state index is 0.0150. The Bertz CT molecular complexity index is 1190. The number of nitrogens with one attached hydrogen (secondary N) is 5. The summed E-state index contributed by atoms with van der Waals surface area (Å²) in [6.45, 7) is 38.1. The van der Waals surface area contributed by atoms with E-state index in [1.165, 1.54) is 0 Å². The highest BCUT2D eigenvalue weighted by Gasteiger charge is 2.20. The van der Waals surface area contributed by atoms with E-state index in [0.717, 1.165) is 35.9 Å². The second kappa shape index (κ2) is 21.3. The van der Waals surface area contributed by atoms with E-state index in [1.807, 2.05) is 114 Å². The number of ether oxygens (including phenoxy) is 1. The van der Waals surface area contributed by atoms with Gasteiger partial charge in [0.05, 0.1) is 17.9 Å². The Hall–Kier alpha value is -3.76. The van der Waals surface area contributed by atoms with Gasteiger partial charge in [-0.25, -0.2) is 5.43 Å². The third kappa shape index (κ3) is 33.6. The average Bonchev–Trinajstić information content (AvgIpc) is 3.38. The normalized spacial score (nSPS) is 13.4. The Labute approximate surface area is 293 Å². The molecule has 1 aliphatic heterocycles. The lowest BCUT2D eigenvalue weighted by atomic mass is 9.91. The van der Waals surface area contributed by atoms with Gasteiger partial charge < -0.3 is 32.3 Å². The molecule has 1 aliphatic rings. The van der Waals surface area contributed by atoms with Crippen LogP contribution in [0, 0.1) is 32.5 Å². The molecule has 0 bridgehead atoms. The van der Waals surface area contributed by atoms with Crippen LogP contribution in [0.25, 0.3) is 0 Å². The van der Waals surface area contributed by atoms with Gasteiger partial charge in [-0.1, -0.05) is 62.3 Å². The van der Waals surface area contributed by atoms with Gasteiger partial charge in [0, 0.05) is 29.6 Å². The van der Waals surface area contributed by atoms with E-state index in [-0.39, 0.29) is 33.3 Å². The summed E-state index contributed by atoms with van der Waals surface area (Å²) >= 11 is 0. The van der Waals surface area contributed by atoms with Gasteiger partial charge in [0.2, 0.25) is 5.96 Å². The molecule has 0 radical (unpaired) electrons. The van der Waals surface area contributed by atoms with Crippen LogP contribution in [0.3, 0.4) is 0 Å². The molecule has 0 fully saturated rings. The predicted octanol–water partition coefficient (Wildman–Crippen LogP) is 8.02. The summed E-state index contributed by atoms with van der Waals surface area (Å²) in [5.41, 5.74) is 15.0. The van der Waals surface area contributed by atoms with Crippen LogP contribution < -0.4 is 26.9 Å². The molecule has 0 amide bonds. The molecule has 0 aliphatic carbocycles. The first kappa shape index (κ1) is 48.6. The van der Waals surface area contributed by atoms with E-state index in [0.29, 0.717) is 11.5 Å². The van der Waals surface area contributed by atoms with Crippen LogP contribution in [0.4, 0.5) is 0 Å². The van der Waals surface area contributed by atoms with Crippen LogP contribution in [-0.2, 0) is 0 Å². The molecule has 0 saturated carbocycles. The quantitative estimate of drug-likeness (QED) is 0.0968. The van der Waals surface area contributed by atoms with Crippen LogP contribution in [0.15, 0.2) is 39.4 Å². The summed E-state index contributed by atoms with van der Waals surface area (Å²) < 4.78 is 5.67. The Balaban J connectivity index is -0.000000540. The number of nitrogens with zero attached hydrogens (tertiary/aromatic N) is 3. The van der Waals surface area contributed by atoms with E-state index in [1.54, 1.807) is 20.1 Å². The predicted molar refractivity (Wildman–Crippen MR) is 212 cm³/mol. The van der Waals surface area contributed by atoms with Crippen LogP contribution >= 0.6 is 0 Å². The van der Waals surface area contributed by atoms with Crippen LogP contribution in [0.2, 0.25) is 0 Å². The second-order valence-corrected chi connectivity index (χ2v) is 16.7. The minimum Gasteiger partial charge on any atom is -0.488 e. The van der Waals surface area contributed by atoms with Gasteiger partial charge >= 0.3 is 0 Å². The first-order valence-corrected chi connectivity index (χ1v) is 16.4. The van der Waals surface area contributed by atoms with Crippen molar-refractivity contribution in [3.8, 4) is 5.75 Å². The first-order valence-electron chi connectivity index (χ1n) is 16.4. The molecule has 11 heteroatoms. The highest BCUT2D eigenvalue weighted by molar-refractivity contribution is 5.96. The standard InChI is InChI=1S/C12H17NO.C7H14N2.C6H14N4.C6H14N2.C6H13N/c1-9(13)10-5-7-11(8-6-10)14-12(2,3)4;1-7(2,3)6-8-4-5-9-6;1-6(2,3)4-9-10-5(7)8;1-5(7)8-6(2,3)4;1-5(7)6(2,3)4/h5-8,13H,1-4H3;4-5H2,1-3H3,(H,8,9);4H,1-3H3,(H4,7,8,10);1-4H3,(H2,7,8);7H,1-4H3/b;;9-4+;;. The second-order valence-electron chi connectivity index (χ2n) is 16.7. The summed E-state index contributed by atoms with van der Waals surface area (Å²) in [4.78, 5) is 8.42. The number of amidine groups is 2. The van der Waals surface area contributed by atoms with Crippen molar-refractivity contribution in [2.75, 3.05) is 13.1 Å². The maximum absolute atomic E-state index is 7.44. The molecule has 9 N–H and O–H groups in total. The van der Waals surface area contributed by atoms with E-state index in [4.69, 9.17) is 32.4 Å². The number of guanidine groups is 1. The van der Waals surface area contributed by atoms with Gasteiger partial charge in [-0.15, -0.1) is 0 Å². The number of hydrazone groups is 1. The van der Waals surface area contributed by atoms with Crippen molar-refractivity contribution in [1.29, 1.82) is 16.2 Å². The van der Waals surface area contributed by atoms with Gasteiger partial charge in [0.25, 0.3) is 0 Å². The first-order chi connectivity index (χ1) is 21.3. The van der Waals surface area contributed by atoms with Crippen molar-refractivity contribution in [2.45, 2.75) is 136 Å². The molecule has 1 aromatic carbocycles. The third-order valence-electron chi connectivity index (χ3n) is 5.37. The molecule has 1 aromatic rings. The van der Waals surface area contributed by atoms with E-state index >= 15 is 0 Å². The van der Waals surface area contributed by atoms with Gasteiger partial charge in [-0.3, -0.25) is 15.4 Å². The molecule has 0 atom stereocenters. The summed E-state index contributed by atoms with van der Waals surface area (Å²) in [6.07, 6.45) is 1.70. The lowest BCUT2D eigenvalue weighted by molar-refractivity contribution is 0.131. The molecule has 0 aromatic heterocycles. The fraction of sp³-hybridized carbons (Fsp3) is 0.676. The Kier molecular flexibility index (Phi) is 21.5. The minimum atomic E-state index is -0.165. The number of nitrogens with two attached hydrogens (primary N) is 2. The molecule has 2 rings (SSSR count). The van der Waals surface area contributed by atoms with Crippen molar-refractivity contribution in [1.82, 2.24) is 10.7 Å². The van der Waals surface area contributed by atoms with Crippen LogP contribution in [-0.4, -0.2) is 59.5 Å². The number of aliphatic imine (C=N–C) groups is 2. The molecular formula is C37H72N10O. The SMILES string of the molecule is CC(=N)C(C)(C)C.CC(=N)c1ccc(OC(C)(C)C)cc1.CC(C)(C)/C=N/NC(=N)N.CC(C)(C)C1=NCCN1.CC(N)=NC(C)(C)C. The van der Waals surface area contributed by atoms with Gasteiger partial charge in [0.1, 0.15) is 17.2 Å². The summed E-state index contributed by atoms with van der Waals surface area (Å²) in [6, 6.07) is 7.62. The van der Waals surface area contributed by atoms with E-state index in [9.17, 15) is 0 Å². The average molecular weight is 673 g/mol.